The topological polar surface area (TPSA) is 73.7 Å². The van der Waals surface area contributed by atoms with Gasteiger partial charge in [0.15, 0.2) is 0 Å². The second-order valence-corrected chi connectivity index (χ2v) is 8.99. The van der Waals surface area contributed by atoms with Gasteiger partial charge in [-0.2, -0.15) is 9.40 Å². The molecule has 4 rings (SSSR count). The van der Waals surface area contributed by atoms with Crippen molar-refractivity contribution in [1.29, 1.82) is 0 Å². The summed E-state index contributed by atoms with van der Waals surface area (Å²) in [5, 5.41) is 4.14. The molecule has 0 radical (unpaired) electrons. The quantitative estimate of drug-likeness (QED) is 0.725. The van der Waals surface area contributed by atoms with Gasteiger partial charge in [-0.1, -0.05) is 6.07 Å². The van der Waals surface area contributed by atoms with Crippen LogP contribution in [0.5, 0.6) is 11.5 Å². The molecule has 1 aliphatic heterocycles. The lowest BCUT2D eigenvalue weighted by Crippen LogP contribution is -2.47. The van der Waals surface area contributed by atoms with Crippen LogP contribution >= 0.6 is 0 Å². The lowest BCUT2D eigenvalue weighted by Gasteiger charge is -2.33. The minimum absolute atomic E-state index is 0.0592. The minimum Gasteiger partial charge on any atom is -0.497 e. The summed E-state index contributed by atoms with van der Waals surface area (Å²) < 4.78 is 41.1. The number of benzene rings is 1. The van der Waals surface area contributed by atoms with Crippen molar-refractivity contribution in [2.45, 2.75) is 49.7 Å². The zero-order valence-electron chi connectivity index (χ0n) is 15.6. The molecule has 1 aromatic carbocycles. The monoisotopic (exact) mass is 391 g/mol. The average Bonchev–Trinajstić information content (AvgIpc) is 3.41. The molecule has 0 spiro atoms. The van der Waals surface area contributed by atoms with Crippen LogP contribution in [0.1, 0.15) is 26.2 Å². The first-order chi connectivity index (χ1) is 13.0. The number of fused-ring (bicyclic) bond motifs is 2. The van der Waals surface area contributed by atoms with Gasteiger partial charge in [-0.25, -0.2) is 8.42 Å². The number of methoxy groups -OCH3 is 1. The maximum Gasteiger partial charge on any atom is 0.246 e. The Hall–Kier alpha value is -2.06. The molecular formula is C19H25N3O4S. The highest BCUT2D eigenvalue weighted by atomic mass is 32.2. The number of piperidine rings is 1. The van der Waals surface area contributed by atoms with E-state index in [2.05, 4.69) is 5.10 Å². The highest BCUT2D eigenvalue weighted by Crippen LogP contribution is 2.45. The third kappa shape index (κ3) is 3.32. The van der Waals surface area contributed by atoms with E-state index in [9.17, 15) is 8.42 Å². The summed E-state index contributed by atoms with van der Waals surface area (Å²) >= 11 is 0. The Labute approximate surface area is 159 Å². The SMILES string of the molecule is CCn1cc(S(=O)(=O)N2[C@@H]3CC[C@@H](C3)[C@@H]2COc2cccc(OC)c2)cn1. The van der Waals surface area contributed by atoms with E-state index in [1.807, 2.05) is 31.2 Å². The normalized spacial score (nSPS) is 25.0. The highest BCUT2D eigenvalue weighted by Gasteiger charge is 2.52. The molecule has 0 N–H and O–H groups in total. The summed E-state index contributed by atoms with van der Waals surface area (Å²) in [6, 6.07) is 7.31. The van der Waals surface area contributed by atoms with Gasteiger partial charge in [-0.05, 0) is 44.2 Å². The van der Waals surface area contributed by atoms with Gasteiger partial charge in [-0.15, -0.1) is 0 Å². The molecular weight excluding hydrogens is 366 g/mol. The van der Waals surface area contributed by atoms with Crippen molar-refractivity contribution in [1.82, 2.24) is 14.1 Å². The summed E-state index contributed by atoms with van der Waals surface area (Å²) in [7, 11) is -1.97. The van der Waals surface area contributed by atoms with E-state index < -0.39 is 10.0 Å². The number of ether oxygens (including phenoxy) is 2. The molecule has 3 atom stereocenters. The highest BCUT2D eigenvalue weighted by molar-refractivity contribution is 7.89. The molecule has 2 heterocycles. The molecule has 27 heavy (non-hydrogen) atoms. The summed E-state index contributed by atoms with van der Waals surface area (Å²) in [5.41, 5.74) is 0. The van der Waals surface area contributed by atoms with Gasteiger partial charge in [0.2, 0.25) is 10.0 Å². The maximum atomic E-state index is 13.3. The number of hydrogen-bond acceptors (Lipinski definition) is 5. The van der Waals surface area contributed by atoms with Gasteiger partial charge in [0.05, 0.1) is 19.3 Å². The van der Waals surface area contributed by atoms with Crippen LogP contribution in [0.3, 0.4) is 0 Å². The summed E-state index contributed by atoms with van der Waals surface area (Å²) in [6.07, 6.45) is 5.94. The molecule has 0 unspecified atom stereocenters. The van der Waals surface area contributed by atoms with Crippen molar-refractivity contribution < 1.29 is 17.9 Å². The van der Waals surface area contributed by atoms with Crippen molar-refractivity contribution >= 4 is 10.0 Å². The lowest BCUT2D eigenvalue weighted by atomic mass is 10.0. The zero-order chi connectivity index (χ0) is 19.0. The third-order valence-electron chi connectivity index (χ3n) is 5.65. The van der Waals surface area contributed by atoms with Crippen molar-refractivity contribution in [3.63, 3.8) is 0 Å². The molecule has 2 aliphatic rings. The second-order valence-electron chi connectivity index (χ2n) is 7.15. The number of nitrogens with zero attached hydrogens (tertiary/aromatic N) is 3. The molecule has 1 saturated carbocycles. The van der Waals surface area contributed by atoms with Gasteiger partial charge in [-0.3, -0.25) is 4.68 Å². The molecule has 146 valence electrons. The predicted molar refractivity (Wildman–Crippen MR) is 100 cm³/mol. The van der Waals surface area contributed by atoms with Crippen LogP contribution in [0.2, 0.25) is 0 Å². The van der Waals surface area contributed by atoms with E-state index >= 15 is 0 Å². The fourth-order valence-corrected chi connectivity index (χ4v) is 6.13. The first-order valence-corrected chi connectivity index (χ1v) is 10.8. The predicted octanol–water partition coefficient (Wildman–Crippen LogP) is 2.53. The Balaban J connectivity index is 1.55. The van der Waals surface area contributed by atoms with Crippen molar-refractivity contribution in [3.8, 4) is 11.5 Å². The first kappa shape index (κ1) is 18.3. The summed E-state index contributed by atoms with van der Waals surface area (Å²) in [5.74, 6) is 1.75. The van der Waals surface area contributed by atoms with Crippen LogP contribution < -0.4 is 9.47 Å². The molecule has 2 aromatic rings. The summed E-state index contributed by atoms with van der Waals surface area (Å²) in [4.78, 5) is 0.267. The lowest BCUT2D eigenvalue weighted by molar-refractivity contribution is 0.162. The van der Waals surface area contributed by atoms with Crippen LogP contribution in [0.25, 0.3) is 0 Å². The molecule has 1 aliphatic carbocycles. The maximum absolute atomic E-state index is 13.3. The van der Waals surface area contributed by atoms with Gasteiger partial charge >= 0.3 is 0 Å². The van der Waals surface area contributed by atoms with Gasteiger partial charge < -0.3 is 9.47 Å². The first-order valence-electron chi connectivity index (χ1n) is 9.35. The Morgan fingerprint density at radius 1 is 1.26 bits per heavy atom. The summed E-state index contributed by atoms with van der Waals surface area (Å²) in [6.45, 7) is 2.92. The number of aryl methyl sites for hydroxylation is 1. The third-order valence-corrected chi connectivity index (χ3v) is 7.58. The Kier molecular flexibility index (Phi) is 4.86. The van der Waals surface area contributed by atoms with Crippen molar-refractivity contribution in [3.05, 3.63) is 36.7 Å². The Bertz CT molecular complexity index is 911. The van der Waals surface area contributed by atoms with Gasteiger partial charge in [0, 0.05) is 24.8 Å². The second kappa shape index (κ2) is 7.16. The zero-order valence-corrected chi connectivity index (χ0v) is 16.4. The van der Waals surface area contributed by atoms with Crippen LogP contribution in [0.4, 0.5) is 0 Å². The smallest absolute Gasteiger partial charge is 0.246 e. The van der Waals surface area contributed by atoms with E-state index in [1.165, 1.54) is 6.20 Å². The van der Waals surface area contributed by atoms with Crippen LogP contribution in [-0.4, -0.2) is 48.3 Å². The fourth-order valence-electron chi connectivity index (χ4n) is 4.28. The van der Waals surface area contributed by atoms with Gasteiger partial charge in [0.25, 0.3) is 0 Å². The Morgan fingerprint density at radius 2 is 2.07 bits per heavy atom. The number of sulfonamides is 1. The number of rotatable bonds is 7. The molecule has 1 aromatic heterocycles. The average molecular weight is 391 g/mol. The largest absolute Gasteiger partial charge is 0.497 e. The standard InChI is InChI=1S/C19H25N3O4S/c1-3-21-12-18(11-20-21)27(23,24)22-15-8-7-14(9-15)19(22)13-26-17-6-4-5-16(10-17)25-2/h4-6,10-12,14-15,19H,3,7-9,13H2,1-2H3/t14-,15+,19-/m0/s1. The van der Waals surface area contributed by atoms with Gasteiger partial charge in [0.1, 0.15) is 23.0 Å². The Morgan fingerprint density at radius 3 is 2.81 bits per heavy atom. The van der Waals surface area contributed by atoms with Crippen LogP contribution in [-0.2, 0) is 16.6 Å². The van der Waals surface area contributed by atoms with Crippen LogP contribution in [0, 0.1) is 5.92 Å². The van der Waals surface area contributed by atoms with E-state index in [1.54, 1.807) is 22.3 Å². The van der Waals surface area contributed by atoms with E-state index in [4.69, 9.17) is 9.47 Å². The van der Waals surface area contributed by atoms with Crippen molar-refractivity contribution in [2.75, 3.05) is 13.7 Å². The molecule has 2 bridgehead atoms. The van der Waals surface area contributed by atoms with E-state index in [0.29, 0.717) is 24.8 Å². The van der Waals surface area contributed by atoms with Crippen molar-refractivity contribution in [2.24, 2.45) is 5.92 Å². The number of hydrogen-bond donors (Lipinski definition) is 0. The fraction of sp³-hybridized carbons (Fsp3) is 0.526. The molecule has 8 heteroatoms. The molecule has 2 fully saturated rings. The molecule has 1 saturated heterocycles. The van der Waals surface area contributed by atoms with E-state index in [-0.39, 0.29) is 17.0 Å². The molecule has 7 nitrogen and oxygen atoms in total. The van der Waals surface area contributed by atoms with Crippen LogP contribution in [0.15, 0.2) is 41.6 Å². The molecule has 0 amide bonds. The van der Waals surface area contributed by atoms with E-state index in [0.717, 1.165) is 25.0 Å². The number of aromatic nitrogens is 2. The minimum atomic E-state index is -3.58.